The Balaban J connectivity index is 1.94. The van der Waals surface area contributed by atoms with E-state index in [-0.39, 0.29) is 17.1 Å². The third-order valence-corrected chi connectivity index (χ3v) is 3.89. The van der Waals surface area contributed by atoms with E-state index in [1.807, 2.05) is 13.0 Å². The fourth-order valence-corrected chi connectivity index (χ4v) is 2.77. The average molecular weight is 328 g/mol. The summed E-state index contributed by atoms with van der Waals surface area (Å²) < 4.78 is 5.05. The van der Waals surface area contributed by atoms with Crippen LogP contribution in [0.15, 0.2) is 45.6 Å². The Bertz CT molecular complexity index is 868. The van der Waals surface area contributed by atoms with E-state index in [1.54, 1.807) is 35.0 Å². The van der Waals surface area contributed by atoms with E-state index < -0.39 is 11.9 Å². The fraction of sp³-hybridized carbons (Fsp3) is 0.0625. The van der Waals surface area contributed by atoms with Crippen LogP contribution in [0.2, 0.25) is 0 Å². The largest absolute Gasteiger partial charge is 0.477 e. The molecular formula is C16H12N2O4S. The van der Waals surface area contributed by atoms with Crippen LogP contribution in [0, 0.1) is 6.92 Å². The van der Waals surface area contributed by atoms with E-state index in [0.717, 1.165) is 5.56 Å². The Morgan fingerprint density at radius 3 is 2.78 bits per heavy atom. The van der Waals surface area contributed by atoms with Gasteiger partial charge < -0.3 is 9.63 Å². The molecule has 1 amide bonds. The highest BCUT2D eigenvalue weighted by atomic mass is 32.1. The van der Waals surface area contributed by atoms with Crippen LogP contribution in [-0.2, 0) is 0 Å². The number of nitrogens with one attached hydrogen (secondary N) is 1. The average Bonchev–Trinajstić information content (AvgIpc) is 3.15. The number of benzene rings is 1. The van der Waals surface area contributed by atoms with Crippen molar-refractivity contribution in [1.29, 1.82) is 0 Å². The van der Waals surface area contributed by atoms with Crippen LogP contribution in [-0.4, -0.2) is 22.1 Å². The fourth-order valence-electron chi connectivity index (χ4n) is 2.13. The molecule has 2 N–H and O–H groups in total. The molecule has 0 saturated carbocycles. The number of hydrogen-bond acceptors (Lipinski definition) is 5. The summed E-state index contributed by atoms with van der Waals surface area (Å²) in [5.41, 5.74) is 2.00. The van der Waals surface area contributed by atoms with E-state index >= 15 is 0 Å². The topological polar surface area (TPSA) is 92.4 Å². The predicted octanol–water partition coefficient (Wildman–Crippen LogP) is 3.66. The van der Waals surface area contributed by atoms with Gasteiger partial charge in [-0.1, -0.05) is 22.9 Å². The number of amides is 1. The lowest BCUT2D eigenvalue weighted by Gasteiger charge is -2.03. The van der Waals surface area contributed by atoms with Crippen LogP contribution < -0.4 is 5.32 Å². The minimum Gasteiger partial charge on any atom is -0.477 e. The first-order valence-electron chi connectivity index (χ1n) is 6.70. The van der Waals surface area contributed by atoms with Crippen LogP contribution >= 0.6 is 11.3 Å². The molecular weight excluding hydrogens is 316 g/mol. The zero-order valence-electron chi connectivity index (χ0n) is 12.1. The number of hydrogen-bond donors (Lipinski definition) is 2. The van der Waals surface area contributed by atoms with E-state index in [9.17, 15) is 14.7 Å². The number of nitrogens with zero attached hydrogens (tertiary/aromatic N) is 1. The van der Waals surface area contributed by atoms with Crippen LogP contribution in [0.25, 0.3) is 11.3 Å². The van der Waals surface area contributed by atoms with Crippen molar-refractivity contribution in [1.82, 2.24) is 5.16 Å². The van der Waals surface area contributed by atoms with E-state index in [4.69, 9.17) is 4.52 Å². The molecule has 3 aromatic rings. The molecule has 1 aromatic carbocycles. The number of carboxylic acid groups (broad SMARTS) is 1. The summed E-state index contributed by atoms with van der Waals surface area (Å²) in [6.45, 7) is 1.86. The molecule has 0 aliphatic rings. The van der Waals surface area contributed by atoms with Crippen molar-refractivity contribution in [2.75, 3.05) is 5.32 Å². The number of rotatable bonds is 4. The first kappa shape index (κ1) is 15.0. The molecule has 0 unspecified atom stereocenters. The van der Waals surface area contributed by atoms with Crippen LogP contribution in [0.5, 0.6) is 0 Å². The number of carbonyl (C=O) groups excluding carboxylic acids is 1. The Labute approximate surface area is 135 Å². The monoisotopic (exact) mass is 328 g/mol. The SMILES string of the molecule is Cc1cccc(C(=O)Nc2onc(-c3ccsc3)c2C(=O)O)c1. The zero-order valence-corrected chi connectivity index (χ0v) is 12.9. The van der Waals surface area contributed by atoms with E-state index in [1.165, 1.54) is 11.3 Å². The van der Waals surface area contributed by atoms with E-state index in [2.05, 4.69) is 10.5 Å². The van der Waals surface area contributed by atoms with Crippen molar-refractivity contribution >= 4 is 29.1 Å². The summed E-state index contributed by atoms with van der Waals surface area (Å²) >= 11 is 1.41. The summed E-state index contributed by atoms with van der Waals surface area (Å²) in [4.78, 5) is 23.8. The van der Waals surface area contributed by atoms with Gasteiger partial charge >= 0.3 is 5.97 Å². The van der Waals surface area contributed by atoms with Crippen molar-refractivity contribution in [3.8, 4) is 11.3 Å². The molecule has 0 spiro atoms. The Hall–Kier alpha value is -2.93. The van der Waals surface area contributed by atoms with Crippen molar-refractivity contribution in [3.63, 3.8) is 0 Å². The molecule has 0 atom stereocenters. The molecule has 6 nitrogen and oxygen atoms in total. The van der Waals surface area contributed by atoms with Gasteiger partial charge in [0.2, 0.25) is 5.88 Å². The van der Waals surface area contributed by atoms with Crippen molar-refractivity contribution in [2.45, 2.75) is 6.92 Å². The van der Waals surface area contributed by atoms with Crippen molar-refractivity contribution in [2.24, 2.45) is 0 Å². The Morgan fingerprint density at radius 1 is 1.30 bits per heavy atom. The van der Waals surface area contributed by atoms with Gasteiger partial charge in [-0.3, -0.25) is 10.1 Å². The molecule has 0 radical (unpaired) electrons. The lowest BCUT2D eigenvalue weighted by atomic mass is 10.1. The normalized spacial score (nSPS) is 10.5. The molecule has 0 fully saturated rings. The third kappa shape index (κ3) is 3.00. The molecule has 0 aliphatic carbocycles. The number of aromatic nitrogens is 1. The Morgan fingerprint density at radius 2 is 2.13 bits per heavy atom. The standard InChI is InChI=1S/C16H12N2O4S/c1-9-3-2-4-10(7-9)14(19)17-15-12(16(20)21)13(18-22-15)11-5-6-23-8-11/h2-8H,1H3,(H,17,19)(H,20,21). The minimum absolute atomic E-state index is 0.163. The number of anilines is 1. The van der Waals surface area contributed by atoms with Gasteiger partial charge in [0, 0.05) is 16.5 Å². The summed E-state index contributed by atoms with van der Waals surface area (Å²) in [6.07, 6.45) is 0. The molecule has 23 heavy (non-hydrogen) atoms. The highest BCUT2D eigenvalue weighted by molar-refractivity contribution is 7.08. The quantitative estimate of drug-likeness (QED) is 0.762. The summed E-state index contributed by atoms with van der Waals surface area (Å²) in [6, 6.07) is 8.69. The van der Waals surface area contributed by atoms with Crippen LogP contribution in [0.4, 0.5) is 5.88 Å². The second-order valence-corrected chi connectivity index (χ2v) is 5.66. The molecule has 116 valence electrons. The number of carbonyl (C=O) groups is 2. The van der Waals surface area contributed by atoms with Crippen LogP contribution in [0.3, 0.4) is 0 Å². The number of aryl methyl sites for hydroxylation is 1. The second kappa shape index (κ2) is 6.05. The van der Waals surface area contributed by atoms with E-state index in [0.29, 0.717) is 11.1 Å². The second-order valence-electron chi connectivity index (χ2n) is 4.88. The number of aromatic carboxylic acids is 1. The van der Waals surface area contributed by atoms with Gasteiger partial charge in [0.15, 0.2) is 5.56 Å². The summed E-state index contributed by atoms with van der Waals surface area (Å²) in [5.74, 6) is -1.85. The maximum absolute atomic E-state index is 12.2. The lowest BCUT2D eigenvalue weighted by molar-refractivity contribution is 0.0698. The van der Waals surface area contributed by atoms with Gasteiger partial charge in [-0.15, -0.1) is 0 Å². The van der Waals surface area contributed by atoms with Gasteiger partial charge in [-0.2, -0.15) is 11.3 Å². The minimum atomic E-state index is -1.22. The molecule has 0 saturated heterocycles. The molecule has 0 aliphatic heterocycles. The number of thiophene rings is 1. The number of carboxylic acids is 1. The van der Waals surface area contributed by atoms with Gasteiger partial charge in [0.25, 0.3) is 5.91 Å². The van der Waals surface area contributed by atoms with Crippen molar-refractivity contribution in [3.05, 3.63) is 57.8 Å². The Kier molecular flexibility index (Phi) is 3.94. The smallest absolute Gasteiger partial charge is 0.343 e. The highest BCUT2D eigenvalue weighted by Crippen LogP contribution is 2.30. The molecule has 2 heterocycles. The zero-order chi connectivity index (χ0) is 16.4. The van der Waals surface area contributed by atoms with Gasteiger partial charge in [-0.25, -0.2) is 4.79 Å². The molecule has 3 rings (SSSR count). The van der Waals surface area contributed by atoms with Crippen molar-refractivity contribution < 1.29 is 19.2 Å². The predicted molar refractivity (Wildman–Crippen MR) is 85.9 cm³/mol. The maximum atomic E-state index is 12.2. The lowest BCUT2D eigenvalue weighted by Crippen LogP contribution is -2.14. The molecule has 0 bridgehead atoms. The van der Waals surface area contributed by atoms with Gasteiger partial charge in [-0.05, 0) is 30.5 Å². The maximum Gasteiger partial charge on any atom is 0.343 e. The third-order valence-electron chi connectivity index (χ3n) is 3.21. The first-order valence-corrected chi connectivity index (χ1v) is 7.64. The molecule has 2 aromatic heterocycles. The summed E-state index contributed by atoms with van der Waals surface area (Å²) in [7, 11) is 0. The summed E-state index contributed by atoms with van der Waals surface area (Å²) in [5, 5.41) is 19.2. The molecule has 7 heteroatoms. The van der Waals surface area contributed by atoms with Gasteiger partial charge in [0.05, 0.1) is 0 Å². The van der Waals surface area contributed by atoms with Gasteiger partial charge in [0.1, 0.15) is 5.69 Å². The first-order chi connectivity index (χ1) is 11.1. The van der Waals surface area contributed by atoms with Crippen LogP contribution in [0.1, 0.15) is 26.3 Å². The highest BCUT2D eigenvalue weighted by Gasteiger charge is 2.25.